The minimum atomic E-state index is -0.648. The molecular weight excluding hydrogens is 398 g/mol. The number of amides is 2. The molecule has 0 saturated carbocycles. The van der Waals surface area contributed by atoms with Crippen LogP contribution in [0.4, 0.5) is 4.79 Å². The molecule has 2 rings (SSSR count). The predicted molar refractivity (Wildman–Crippen MR) is 94.5 cm³/mol. The second-order valence-electron chi connectivity index (χ2n) is 4.63. The van der Waals surface area contributed by atoms with Crippen molar-refractivity contribution in [1.82, 2.24) is 4.90 Å². The highest BCUT2D eigenvalue weighted by Gasteiger charge is 2.36. The van der Waals surface area contributed by atoms with Crippen molar-refractivity contribution in [2.45, 2.75) is 0 Å². The van der Waals surface area contributed by atoms with Gasteiger partial charge in [0.15, 0.2) is 0 Å². The first-order valence-electron chi connectivity index (χ1n) is 6.81. The van der Waals surface area contributed by atoms with Crippen LogP contribution in [0.2, 0.25) is 0 Å². The summed E-state index contributed by atoms with van der Waals surface area (Å²) in [5.74, 6) is -0.519. The molecule has 1 fully saturated rings. The van der Waals surface area contributed by atoms with E-state index in [1.165, 1.54) is 7.11 Å². The molecule has 2 amide bonds. The van der Waals surface area contributed by atoms with Crippen molar-refractivity contribution in [3.8, 4) is 5.75 Å². The Hall–Kier alpha value is -2.06. The summed E-state index contributed by atoms with van der Waals surface area (Å²) in [6, 6.07) is 5.28. The van der Waals surface area contributed by atoms with Crippen LogP contribution in [0.15, 0.2) is 40.2 Å². The average molecular weight is 412 g/mol. The van der Waals surface area contributed by atoms with E-state index in [1.54, 1.807) is 30.4 Å². The lowest BCUT2D eigenvalue weighted by Gasteiger charge is -2.09. The largest absolute Gasteiger partial charge is 0.488 e. The molecule has 0 unspecified atom stereocenters. The molecule has 0 atom stereocenters. The molecular formula is C16H14BrNO5S. The van der Waals surface area contributed by atoms with Crippen LogP contribution in [0.25, 0.3) is 6.08 Å². The monoisotopic (exact) mass is 411 g/mol. The molecule has 24 heavy (non-hydrogen) atoms. The number of ether oxygens (including phenoxy) is 2. The van der Waals surface area contributed by atoms with Crippen LogP contribution < -0.4 is 4.74 Å². The van der Waals surface area contributed by atoms with E-state index < -0.39 is 23.7 Å². The Kier molecular flexibility index (Phi) is 6.22. The van der Waals surface area contributed by atoms with Gasteiger partial charge in [0, 0.05) is 0 Å². The van der Waals surface area contributed by atoms with Crippen LogP contribution in [-0.2, 0) is 14.3 Å². The number of carbonyl (C=O) groups is 3. The molecule has 0 N–H and O–H groups in total. The van der Waals surface area contributed by atoms with E-state index in [0.717, 1.165) is 22.2 Å². The zero-order valence-corrected chi connectivity index (χ0v) is 15.2. The van der Waals surface area contributed by atoms with Crippen LogP contribution in [0.5, 0.6) is 5.75 Å². The number of rotatable bonds is 6. The van der Waals surface area contributed by atoms with Crippen molar-refractivity contribution in [1.29, 1.82) is 0 Å². The fraction of sp³-hybridized carbons (Fsp3) is 0.188. The third-order valence-corrected chi connectivity index (χ3v) is 4.53. The number of hydrogen-bond acceptors (Lipinski definition) is 6. The fourth-order valence-electron chi connectivity index (χ4n) is 1.85. The van der Waals surface area contributed by atoms with Crippen molar-refractivity contribution in [2.24, 2.45) is 0 Å². The molecule has 0 aromatic heterocycles. The van der Waals surface area contributed by atoms with Crippen LogP contribution in [0.3, 0.4) is 0 Å². The topological polar surface area (TPSA) is 72.9 Å². The van der Waals surface area contributed by atoms with Crippen LogP contribution in [0, 0.1) is 0 Å². The third-order valence-electron chi connectivity index (χ3n) is 3.00. The highest BCUT2D eigenvalue weighted by molar-refractivity contribution is 9.10. The summed E-state index contributed by atoms with van der Waals surface area (Å²) in [7, 11) is 1.20. The van der Waals surface area contributed by atoms with E-state index in [-0.39, 0.29) is 4.91 Å². The predicted octanol–water partition coefficient (Wildman–Crippen LogP) is 3.22. The molecule has 1 aromatic carbocycles. The van der Waals surface area contributed by atoms with Gasteiger partial charge in [0.05, 0.1) is 16.5 Å². The summed E-state index contributed by atoms with van der Waals surface area (Å²) in [5, 5.41) is -0.498. The molecule has 1 aromatic rings. The molecule has 6 nitrogen and oxygen atoms in total. The molecule has 0 radical (unpaired) electrons. The molecule has 0 bridgehead atoms. The van der Waals surface area contributed by atoms with E-state index in [4.69, 9.17) is 4.74 Å². The number of halogens is 1. The van der Waals surface area contributed by atoms with Gasteiger partial charge >= 0.3 is 5.97 Å². The van der Waals surface area contributed by atoms with Gasteiger partial charge in [0.2, 0.25) is 0 Å². The summed E-state index contributed by atoms with van der Waals surface area (Å²) in [6.07, 6.45) is 3.22. The maximum Gasteiger partial charge on any atom is 0.325 e. The molecule has 0 aliphatic carbocycles. The minimum absolute atomic E-state index is 0.246. The maximum atomic E-state index is 12.2. The lowest BCUT2D eigenvalue weighted by Crippen LogP contribution is -2.34. The maximum absolute atomic E-state index is 12.2. The first-order valence-corrected chi connectivity index (χ1v) is 8.42. The number of carbonyl (C=O) groups excluding carboxylic acids is 3. The number of nitrogens with zero attached hydrogens (tertiary/aromatic N) is 1. The third kappa shape index (κ3) is 4.27. The summed E-state index contributed by atoms with van der Waals surface area (Å²) in [4.78, 5) is 36.5. The normalized spacial score (nSPS) is 15.8. The quantitative estimate of drug-likeness (QED) is 0.406. The first kappa shape index (κ1) is 18.3. The van der Waals surface area contributed by atoms with Crippen molar-refractivity contribution >= 4 is 50.9 Å². The standard InChI is InChI=1S/C16H14BrNO5S/c1-3-6-23-12-5-4-10(7-11(12)17)8-13-15(20)18(16(21)24-13)9-14(19)22-2/h3-5,7-8H,1,6,9H2,2H3/b13-8+. The van der Waals surface area contributed by atoms with Crippen LogP contribution in [-0.4, -0.2) is 42.3 Å². The van der Waals surface area contributed by atoms with Gasteiger partial charge in [-0.15, -0.1) is 0 Å². The smallest absolute Gasteiger partial charge is 0.325 e. The van der Waals surface area contributed by atoms with E-state index >= 15 is 0 Å². The molecule has 1 heterocycles. The molecule has 8 heteroatoms. The van der Waals surface area contributed by atoms with Crippen molar-refractivity contribution in [2.75, 3.05) is 20.3 Å². The van der Waals surface area contributed by atoms with Crippen molar-refractivity contribution in [3.05, 3.63) is 45.8 Å². The van der Waals surface area contributed by atoms with Gasteiger partial charge in [0.1, 0.15) is 18.9 Å². The average Bonchev–Trinajstić information content (AvgIpc) is 2.81. The second-order valence-corrected chi connectivity index (χ2v) is 6.48. The lowest BCUT2D eigenvalue weighted by atomic mass is 10.2. The van der Waals surface area contributed by atoms with Crippen molar-refractivity contribution < 1.29 is 23.9 Å². The van der Waals surface area contributed by atoms with Gasteiger partial charge in [-0.3, -0.25) is 19.3 Å². The summed E-state index contributed by atoms with van der Waals surface area (Å²) < 4.78 is 10.6. The first-order chi connectivity index (χ1) is 11.5. The number of benzene rings is 1. The number of thioether (sulfide) groups is 1. The Balaban J connectivity index is 2.18. The Bertz CT molecular complexity index is 731. The highest BCUT2D eigenvalue weighted by Crippen LogP contribution is 2.33. The molecule has 1 aliphatic rings. The molecule has 1 saturated heterocycles. The van der Waals surface area contributed by atoms with Crippen molar-refractivity contribution in [3.63, 3.8) is 0 Å². The summed E-state index contributed by atoms with van der Waals surface area (Å²) in [5.41, 5.74) is 0.719. The Labute approximate surface area is 151 Å². The fourth-order valence-corrected chi connectivity index (χ4v) is 3.20. The zero-order valence-electron chi connectivity index (χ0n) is 12.8. The molecule has 0 spiro atoms. The lowest BCUT2D eigenvalue weighted by molar-refractivity contribution is -0.143. The molecule has 126 valence electrons. The van der Waals surface area contributed by atoms with Crippen LogP contribution in [0.1, 0.15) is 5.56 Å². The zero-order chi connectivity index (χ0) is 17.7. The van der Waals surface area contributed by atoms with Gasteiger partial charge in [-0.2, -0.15) is 0 Å². The van der Waals surface area contributed by atoms with E-state index in [0.29, 0.717) is 16.8 Å². The minimum Gasteiger partial charge on any atom is -0.488 e. The Morgan fingerprint density at radius 3 is 2.79 bits per heavy atom. The number of imide groups is 1. The SMILES string of the molecule is C=CCOc1ccc(/C=C2/SC(=O)N(CC(=O)OC)C2=O)cc1Br. The van der Waals surface area contributed by atoms with Gasteiger partial charge < -0.3 is 9.47 Å². The molecule has 1 aliphatic heterocycles. The van der Waals surface area contributed by atoms with E-state index in [2.05, 4.69) is 27.2 Å². The Morgan fingerprint density at radius 1 is 1.42 bits per heavy atom. The van der Waals surface area contributed by atoms with Gasteiger partial charge in [0.25, 0.3) is 11.1 Å². The van der Waals surface area contributed by atoms with Gasteiger partial charge in [-0.05, 0) is 51.5 Å². The summed E-state index contributed by atoms with van der Waals surface area (Å²) in [6.45, 7) is 3.57. The number of hydrogen-bond donors (Lipinski definition) is 0. The van der Waals surface area contributed by atoms with E-state index in [1.807, 2.05) is 0 Å². The van der Waals surface area contributed by atoms with E-state index in [9.17, 15) is 14.4 Å². The highest BCUT2D eigenvalue weighted by atomic mass is 79.9. The summed E-state index contributed by atoms with van der Waals surface area (Å²) >= 11 is 4.17. The number of methoxy groups -OCH3 is 1. The van der Waals surface area contributed by atoms with Gasteiger partial charge in [-0.1, -0.05) is 18.7 Å². The number of esters is 1. The van der Waals surface area contributed by atoms with Gasteiger partial charge in [-0.25, -0.2) is 0 Å². The van der Waals surface area contributed by atoms with Crippen LogP contribution >= 0.6 is 27.7 Å². The Morgan fingerprint density at radius 2 is 2.17 bits per heavy atom. The second kappa shape index (κ2) is 8.16.